The number of aromatic nitrogens is 2. The van der Waals surface area contributed by atoms with Crippen LogP contribution in [0.1, 0.15) is 20.7 Å². The number of hydrazine groups is 1. The molecule has 9 nitrogen and oxygen atoms in total. The van der Waals surface area contributed by atoms with E-state index in [2.05, 4.69) is 20.8 Å². The number of amides is 2. The predicted octanol–water partition coefficient (Wildman–Crippen LogP) is 3.34. The summed E-state index contributed by atoms with van der Waals surface area (Å²) in [6, 6.07) is 16.2. The zero-order chi connectivity index (χ0) is 21.1. The molecule has 0 aliphatic heterocycles. The van der Waals surface area contributed by atoms with E-state index in [1.807, 2.05) is 24.3 Å². The van der Waals surface area contributed by atoms with E-state index >= 15 is 0 Å². The van der Waals surface area contributed by atoms with E-state index in [9.17, 15) is 19.7 Å². The lowest BCUT2D eigenvalue weighted by atomic mass is 10.1. The van der Waals surface area contributed by atoms with Crippen LogP contribution < -0.4 is 10.9 Å². The van der Waals surface area contributed by atoms with Crippen LogP contribution in [0, 0.1) is 10.1 Å². The van der Waals surface area contributed by atoms with Crippen LogP contribution in [0.15, 0.2) is 66.9 Å². The average molecular weight is 419 g/mol. The molecular formula is C20H13N5O4S. The Morgan fingerprint density at radius 2 is 1.57 bits per heavy atom. The Morgan fingerprint density at radius 3 is 2.33 bits per heavy atom. The number of nitro groups is 1. The summed E-state index contributed by atoms with van der Waals surface area (Å²) in [4.78, 5) is 44.2. The molecule has 0 radical (unpaired) electrons. The van der Waals surface area contributed by atoms with Gasteiger partial charge in [0.25, 0.3) is 17.5 Å². The van der Waals surface area contributed by atoms with Gasteiger partial charge in [0.05, 0.1) is 20.7 Å². The molecule has 0 bridgehead atoms. The summed E-state index contributed by atoms with van der Waals surface area (Å²) >= 11 is 1.39. The third kappa shape index (κ3) is 3.71. The van der Waals surface area contributed by atoms with Gasteiger partial charge in [-0.05, 0) is 30.3 Å². The molecule has 0 fully saturated rings. The molecule has 4 aromatic rings. The van der Waals surface area contributed by atoms with Crippen molar-refractivity contribution in [3.05, 3.63) is 88.1 Å². The highest BCUT2D eigenvalue weighted by molar-refractivity contribution is 7.21. The summed E-state index contributed by atoms with van der Waals surface area (Å²) < 4.78 is 0.953. The number of carbonyl (C=O) groups is 2. The molecule has 0 atom stereocenters. The number of hydrogen-bond donors (Lipinski definition) is 2. The Labute approximate surface area is 173 Å². The van der Waals surface area contributed by atoms with Crippen molar-refractivity contribution in [2.75, 3.05) is 0 Å². The van der Waals surface area contributed by atoms with E-state index in [1.165, 1.54) is 35.6 Å². The Bertz CT molecular complexity index is 1250. The van der Waals surface area contributed by atoms with Gasteiger partial charge in [-0.15, -0.1) is 11.3 Å². The Balaban J connectivity index is 1.56. The number of nitro benzene ring substituents is 1. The molecule has 0 aliphatic rings. The number of fused-ring (bicyclic) bond motifs is 1. The number of para-hydroxylation sites is 2. The highest BCUT2D eigenvalue weighted by Crippen LogP contribution is 2.30. The van der Waals surface area contributed by atoms with Gasteiger partial charge in [0.2, 0.25) is 0 Å². The lowest BCUT2D eigenvalue weighted by Gasteiger charge is -2.09. The van der Waals surface area contributed by atoms with E-state index < -0.39 is 16.7 Å². The standard InChI is InChI=1S/C20H13N5O4S/c26-18(12-6-1-3-9-15(12)25(28)29)23-24-19(27)13-7-5-11-21-17(13)20-22-14-8-2-4-10-16(14)30-20/h1-11H,(H,23,26)(H,24,27). The van der Waals surface area contributed by atoms with E-state index in [-0.39, 0.29) is 16.8 Å². The minimum atomic E-state index is -0.805. The molecule has 30 heavy (non-hydrogen) atoms. The Kier molecular flexibility index (Phi) is 5.14. The molecular weight excluding hydrogens is 406 g/mol. The molecule has 2 aromatic carbocycles. The second kappa shape index (κ2) is 8.05. The van der Waals surface area contributed by atoms with Gasteiger partial charge < -0.3 is 0 Å². The van der Waals surface area contributed by atoms with Crippen LogP contribution in [0.4, 0.5) is 5.69 Å². The van der Waals surface area contributed by atoms with Crippen molar-refractivity contribution in [2.24, 2.45) is 0 Å². The predicted molar refractivity (Wildman–Crippen MR) is 111 cm³/mol. The maximum absolute atomic E-state index is 12.7. The van der Waals surface area contributed by atoms with Crippen LogP contribution in [0.2, 0.25) is 0 Å². The number of nitrogens with zero attached hydrogens (tertiary/aromatic N) is 3. The summed E-state index contributed by atoms with van der Waals surface area (Å²) in [7, 11) is 0. The zero-order valence-corrected chi connectivity index (χ0v) is 16.1. The van der Waals surface area contributed by atoms with Gasteiger partial charge in [-0.25, -0.2) is 4.98 Å². The lowest BCUT2D eigenvalue weighted by Crippen LogP contribution is -2.42. The number of nitrogens with one attached hydrogen (secondary N) is 2. The van der Waals surface area contributed by atoms with Gasteiger partial charge in [-0.2, -0.15) is 0 Å². The van der Waals surface area contributed by atoms with E-state index in [0.29, 0.717) is 10.7 Å². The van der Waals surface area contributed by atoms with E-state index in [1.54, 1.807) is 18.3 Å². The first-order valence-corrected chi connectivity index (χ1v) is 9.51. The quantitative estimate of drug-likeness (QED) is 0.386. The van der Waals surface area contributed by atoms with Crippen LogP contribution in [0.3, 0.4) is 0 Å². The van der Waals surface area contributed by atoms with Crippen LogP contribution >= 0.6 is 11.3 Å². The summed E-state index contributed by atoms with van der Waals surface area (Å²) in [5.41, 5.74) is 5.34. The van der Waals surface area contributed by atoms with Gasteiger partial charge >= 0.3 is 0 Å². The SMILES string of the molecule is O=C(NNC(=O)c1cccnc1-c1nc2ccccc2s1)c1ccccc1[N+](=O)[O-]. The molecule has 2 amide bonds. The van der Waals surface area contributed by atoms with E-state index in [4.69, 9.17) is 0 Å². The van der Waals surface area contributed by atoms with Gasteiger partial charge in [0.1, 0.15) is 16.3 Å². The summed E-state index contributed by atoms with van der Waals surface area (Å²) in [5.74, 6) is -1.43. The average Bonchev–Trinajstić information content (AvgIpc) is 3.21. The van der Waals surface area contributed by atoms with Crippen molar-refractivity contribution in [2.45, 2.75) is 0 Å². The molecule has 0 spiro atoms. The maximum atomic E-state index is 12.7. The number of pyridine rings is 1. The number of benzene rings is 2. The Morgan fingerprint density at radius 1 is 0.900 bits per heavy atom. The third-order valence-electron chi connectivity index (χ3n) is 4.18. The fourth-order valence-electron chi connectivity index (χ4n) is 2.81. The van der Waals surface area contributed by atoms with E-state index in [0.717, 1.165) is 10.2 Å². The van der Waals surface area contributed by atoms with Crippen LogP contribution in [0.5, 0.6) is 0 Å². The minimum Gasteiger partial charge on any atom is -0.267 e. The van der Waals surface area contributed by atoms with Crippen molar-refractivity contribution in [1.82, 2.24) is 20.8 Å². The first-order valence-electron chi connectivity index (χ1n) is 8.69. The first-order chi connectivity index (χ1) is 14.5. The highest BCUT2D eigenvalue weighted by atomic mass is 32.1. The van der Waals surface area contributed by atoms with Gasteiger partial charge in [-0.3, -0.25) is 35.5 Å². The van der Waals surface area contributed by atoms with Crippen LogP contribution in [-0.4, -0.2) is 26.7 Å². The molecule has 10 heteroatoms. The second-order valence-corrected chi connectivity index (χ2v) is 7.10. The maximum Gasteiger partial charge on any atom is 0.282 e. The molecule has 4 rings (SSSR count). The minimum absolute atomic E-state index is 0.166. The smallest absolute Gasteiger partial charge is 0.267 e. The van der Waals surface area contributed by atoms with Crippen molar-refractivity contribution in [3.63, 3.8) is 0 Å². The zero-order valence-electron chi connectivity index (χ0n) is 15.2. The van der Waals surface area contributed by atoms with Crippen molar-refractivity contribution >= 4 is 39.1 Å². The van der Waals surface area contributed by atoms with Gasteiger partial charge in [-0.1, -0.05) is 24.3 Å². The fourth-order valence-corrected chi connectivity index (χ4v) is 3.78. The summed E-state index contributed by atoms with van der Waals surface area (Å²) in [6.07, 6.45) is 1.55. The van der Waals surface area contributed by atoms with Crippen LogP contribution in [0.25, 0.3) is 20.9 Å². The molecule has 0 saturated heterocycles. The third-order valence-corrected chi connectivity index (χ3v) is 5.23. The summed E-state index contributed by atoms with van der Waals surface area (Å²) in [5, 5.41) is 11.6. The van der Waals surface area contributed by atoms with Crippen LogP contribution in [-0.2, 0) is 0 Å². The molecule has 2 heterocycles. The molecule has 2 aromatic heterocycles. The van der Waals surface area contributed by atoms with Gasteiger partial charge in [0.15, 0.2) is 0 Å². The molecule has 2 N–H and O–H groups in total. The van der Waals surface area contributed by atoms with Crippen molar-refractivity contribution in [3.8, 4) is 10.7 Å². The molecule has 148 valence electrons. The highest BCUT2D eigenvalue weighted by Gasteiger charge is 2.21. The largest absolute Gasteiger partial charge is 0.282 e. The number of thiazole rings is 1. The molecule has 0 aliphatic carbocycles. The summed E-state index contributed by atoms with van der Waals surface area (Å²) in [6.45, 7) is 0. The number of hydrogen-bond acceptors (Lipinski definition) is 7. The van der Waals surface area contributed by atoms with Gasteiger partial charge in [0, 0.05) is 12.3 Å². The normalized spacial score (nSPS) is 10.5. The molecule has 0 unspecified atom stereocenters. The monoisotopic (exact) mass is 419 g/mol. The Hall–Kier alpha value is -4.18. The number of rotatable bonds is 4. The second-order valence-electron chi connectivity index (χ2n) is 6.07. The topological polar surface area (TPSA) is 127 Å². The van der Waals surface area contributed by atoms with Crippen molar-refractivity contribution in [1.29, 1.82) is 0 Å². The van der Waals surface area contributed by atoms with Crippen molar-refractivity contribution < 1.29 is 14.5 Å². The first kappa shape index (κ1) is 19.2. The number of carbonyl (C=O) groups excluding carboxylic acids is 2. The lowest BCUT2D eigenvalue weighted by molar-refractivity contribution is -0.385. The fraction of sp³-hybridized carbons (Fsp3) is 0. The molecule has 0 saturated carbocycles.